The zero-order chi connectivity index (χ0) is 33.7. The van der Waals surface area contributed by atoms with Gasteiger partial charge >= 0.3 is 12.1 Å². The molecule has 3 aliphatic heterocycles. The molecule has 3 saturated heterocycles. The number of carbonyl (C=O) groups is 1. The van der Waals surface area contributed by atoms with Crippen molar-refractivity contribution in [3.63, 3.8) is 0 Å². The minimum atomic E-state index is -4.95. The van der Waals surface area contributed by atoms with E-state index < -0.39 is 33.4 Å². The maximum atomic E-state index is 14.9. The number of alkyl halides is 3. The lowest BCUT2D eigenvalue weighted by Gasteiger charge is -2.54. The van der Waals surface area contributed by atoms with Gasteiger partial charge in [-0.05, 0) is 112 Å². The van der Waals surface area contributed by atoms with E-state index >= 15 is 0 Å². The summed E-state index contributed by atoms with van der Waals surface area (Å²) in [5, 5.41) is 2.37. The van der Waals surface area contributed by atoms with Crippen LogP contribution in [0, 0.1) is 23.6 Å². The molecule has 260 valence electrons. The predicted molar refractivity (Wildman–Crippen MR) is 176 cm³/mol. The van der Waals surface area contributed by atoms with Crippen molar-refractivity contribution in [2.24, 2.45) is 17.8 Å². The quantitative estimate of drug-likeness (QED) is 0.314. The Kier molecular flexibility index (Phi) is 9.12. The van der Waals surface area contributed by atoms with Crippen LogP contribution in [-0.2, 0) is 20.0 Å². The number of hydrogen-bond donors (Lipinski definition) is 1. The molecule has 3 atom stereocenters. The van der Waals surface area contributed by atoms with Gasteiger partial charge in [0.05, 0.1) is 4.90 Å². The Morgan fingerprint density at radius 2 is 1.60 bits per heavy atom. The first-order chi connectivity index (χ1) is 22.9. The van der Waals surface area contributed by atoms with Crippen LogP contribution in [-0.4, -0.2) is 88.7 Å². The van der Waals surface area contributed by atoms with Crippen LogP contribution in [0.25, 0.3) is 0 Å². The fourth-order valence-electron chi connectivity index (χ4n) is 8.92. The molecule has 4 fully saturated rings. The fraction of sp³-hybridized carbons (Fsp3) is 0.583. The Morgan fingerprint density at radius 1 is 0.896 bits per heavy atom. The van der Waals surface area contributed by atoms with Gasteiger partial charge in [0.15, 0.2) is 0 Å². The maximum absolute atomic E-state index is 14.9. The van der Waals surface area contributed by atoms with E-state index in [1.54, 1.807) is 30.3 Å². The number of allylic oxidation sites excluding steroid dienone is 2. The van der Waals surface area contributed by atoms with E-state index in [0.29, 0.717) is 41.5 Å². The zero-order valence-corrected chi connectivity index (χ0v) is 27.9. The second-order valence-corrected chi connectivity index (χ2v) is 16.5. The van der Waals surface area contributed by atoms with E-state index in [4.69, 9.17) is 0 Å². The van der Waals surface area contributed by atoms with E-state index in [0.717, 1.165) is 82.7 Å². The van der Waals surface area contributed by atoms with Crippen molar-refractivity contribution < 1.29 is 30.8 Å². The highest BCUT2D eigenvalue weighted by atomic mass is 32.2. The number of rotatable bonds is 11. The molecule has 0 unspecified atom stereocenters. The first-order valence-electron chi connectivity index (χ1n) is 17.3. The van der Waals surface area contributed by atoms with E-state index in [-0.39, 0.29) is 17.7 Å². The molecule has 1 N–H and O–H groups in total. The summed E-state index contributed by atoms with van der Waals surface area (Å²) in [5.41, 5.74) is 1.27. The second kappa shape index (κ2) is 13.1. The number of nitrogens with one attached hydrogen (secondary N) is 1. The third kappa shape index (κ3) is 6.64. The molecule has 1 amide bonds. The number of carbonyl (C=O) groups excluding carboxylic acids is 1. The van der Waals surface area contributed by atoms with Gasteiger partial charge in [0.1, 0.15) is 5.82 Å². The van der Waals surface area contributed by atoms with Crippen LogP contribution in [0.15, 0.2) is 64.4 Å². The zero-order valence-electron chi connectivity index (χ0n) is 27.1. The number of sulfone groups is 1. The van der Waals surface area contributed by atoms with Crippen molar-refractivity contribution in [3.8, 4) is 0 Å². The van der Waals surface area contributed by atoms with Crippen LogP contribution in [0.4, 0.5) is 23.2 Å². The van der Waals surface area contributed by atoms with Crippen LogP contribution in [0.2, 0.25) is 0 Å². The summed E-state index contributed by atoms with van der Waals surface area (Å²) in [4.78, 5) is 20.1. The van der Waals surface area contributed by atoms with Crippen LogP contribution in [0.3, 0.4) is 0 Å². The normalized spacial score (nSPS) is 25.6. The molecule has 2 aromatic rings. The van der Waals surface area contributed by atoms with Gasteiger partial charge in [0.2, 0.25) is 9.84 Å². The van der Waals surface area contributed by atoms with E-state index in [9.17, 15) is 30.8 Å². The van der Waals surface area contributed by atoms with Crippen molar-refractivity contribution in [2.45, 2.75) is 67.5 Å². The fourth-order valence-corrected chi connectivity index (χ4v) is 10.2. The van der Waals surface area contributed by atoms with Crippen molar-refractivity contribution in [2.75, 3.05) is 57.3 Å². The lowest BCUT2D eigenvalue weighted by atomic mass is 9.57. The minimum Gasteiger partial charge on any atom is -0.371 e. The first kappa shape index (κ1) is 33.5. The Hall–Kier alpha value is -2.96. The molecular formula is C36H44F4N4O3S. The highest BCUT2D eigenvalue weighted by Crippen LogP contribution is 2.51. The molecule has 7 nitrogen and oxygen atoms in total. The molecule has 12 heteroatoms. The van der Waals surface area contributed by atoms with Crippen molar-refractivity contribution in [3.05, 3.63) is 70.9 Å². The van der Waals surface area contributed by atoms with E-state index in [1.165, 1.54) is 6.07 Å². The molecule has 1 saturated carbocycles. The summed E-state index contributed by atoms with van der Waals surface area (Å²) >= 11 is 0. The van der Waals surface area contributed by atoms with Crippen LogP contribution in [0.5, 0.6) is 0 Å². The second-order valence-electron chi connectivity index (χ2n) is 14.5. The Labute approximate surface area is 280 Å². The molecule has 0 radical (unpaired) electrons. The number of piperidine rings is 1. The van der Waals surface area contributed by atoms with Gasteiger partial charge < -0.3 is 20.0 Å². The number of benzene rings is 2. The number of halogens is 4. The Bertz CT molecular complexity index is 1630. The molecular weight excluding hydrogens is 644 g/mol. The van der Waals surface area contributed by atoms with Crippen LogP contribution >= 0.6 is 0 Å². The van der Waals surface area contributed by atoms with Gasteiger partial charge in [-0.3, -0.25) is 4.79 Å². The molecule has 2 aromatic carbocycles. The average Bonchev–Trinajstić information content (AvgIpc) is 3.79. The minimum absolute atomic E-state index is 0.128. The highest BCUT2D eigenvalue weighted by molar-refractivity contribution is 7.95. The van der Waals surface area contributed by atoms with Crippen molar-refractivity contribution >= 4 is 21.4 Å². The maximum Gasteiger partial charge on any atom is 0.471 e. The van der Waals surface area contributed by atoms with E-state index in [1.807, 2.05) is 18.2 Å². The van der Waals surface area contributed by atoms with Crippen LogP contribution in [0.1, 0.15) is 50.5 Å². The van der Waals surface area contributed by atoms with E-state index in [2.05, 4.69) is 20.0 Å². The van der Waals surface area contributed by atoms with Gasteiger partial charge in [-0.2, -0.15) is 13.2 Å². The summed E-state index contributed by atoms with van der Waals surface area (Å²) in [6.45, 7) is 6.91. The number of anilines is 1. The van der Waals surface area contributed by atoms with Gasteiger partial charge in [0, 0.05) is 60.6 Å². The molecule has 5 aliphatic rings. The smallest absolute Gasteiger partial charge is 0.371 e. The number of hydrogen-bond acceptors (Lipinski definition) is 6. The summed E-state index contributed by atoms with van der Waals surface area (Å²) in [7, 11) is -3.34. The van der Waals surface area contributed by atoms with Gasteiger partial charge in [0.25, 0.3) is 0 Å². The Morgan fingerprint density at radius 3 is 2.21 bits per heavy atom. The number of amides is 1. The highest BCUT2D eigenvalue weighted by Gasteiger charge is 2.54. The Balaban J connectivity index is 1.04. The molecule has 3 heterocycles. The van der Waals surface area contributed by atoms with Crippen molar-refractivity contribution in [1.29, 1.82) is 0 Å². The number of likely N-dealkylation sites (tertiary alicyclic amines) is 2. The molecule has 0 aromatic heterocycles. The summed E-state index contributed by atoms with van der Waals surface area (Å²) in [6.07, 6.45) is 1.98. The lowest BCUT2D eigenvalue weighted by molar-refractivity contribution is -0.175. The molecule has 7 rings (SSSR count). The largest absolute Gasteiger partial charge is 0.471 e. The molecule has 2 aliphatic carbocycles. The molecule has 0 spiro atoms. The first-order valence-corrected chi connectivity index (χ1v) is 18.8. The van der Waals surface area contributed by atoms with Gasteiger partial charge in [-0.25, -0.2) is 12.8 Å². The SMILES string of the molecule is O=C(N[C@H]1CCC[C@@H]1[C@](CN1CCC1)(c1cccc(F)c1)C1CCN(CC2CN(c3ccc(S(=O)(=O)C4=CC4)cc3)C2)CC1)C(F)(F)F. The summed E-state index contributed by atoms with van der Waals surface area (Å²) in [5.74, 6) is -1.86. The predicted octanol–water partition coefficient (Wildman–Crippen LogP) is 5.53. The summed E-state index contributed by atoms with van der Waals surface area (Å²) < 4.78 is 80.1. The topological polar surface area (TPSA) is 73.0 Å². The van der Waals surface area contributed by atoms with Crippen LogP contribution < -0.4 is 10.2 Å². The standard InChI is InChI=1S/C36H44F4N4O3S/c37-28-5-1-4-27(20-28)35(24-43-16-3-17-43,32-6-2-7-33(32)41-34(45)36(38,39)40)26-14-18-42(19-15-26)21-25-22-44(23-25)29-8-10-30(11-9-29)48(46,47)31-12-13-31/h1,4-5,8-12,20,25-26,32-33H,2-3,6-7,13-19,21-24H2,(H,41,45)/t32-,33-,35-/m0/s1. The van der Waals surface area contributed by atoms with Gasteiger partial charge in [-0.1, -0.05) is 24.6 Å². The lowest BCUT2D eigenvalue weighted by Crippen LogP contribution is -2.60. The third-order valence-corrected chi connectivity index (χ3v) is 13.5. The van der Waals surface area contributed by atoms with Gasteiger partial charge in [-0.15, -0.1) is 0 Å². The monoisotopic (exact) mass is 688 g/mol. The van der Waals surface area contributed by atoms with Crippen molar-refractivity contribution in [1.82, 2.24) is 15.1 Å². The molecule has 0 bridgehead atoms. The molecule has 48 heavy (non-hydrogen) atoms. The average molecular weight is 689 g/mol. The number of nitrogens with zero attached hydrogens (tertiary/aromatic N) is 3. The summed E-state index contributed by atoms with van der Waals surface area (Å²) in [6, 6.07) is 13.2. The third-order valence-electron chi connectivity index (χ3n) is 11.6.